The molecule has 1 saturated heterocycles. The monoisotopic (exact) mass is 215 g/mol. The molecule has 1 fully saturated rings. The molecule has 0 N–H and O–H groups in total. The zero-order chi connectivity index (χ0) is 4.41. The molecule has 0 unspecified atom stereocenters. The second-order valence-electron chi connectivity index (χ2n) is 0.948. The van der Waals surface area contributed by atoms with E-state index in [2.05, 4.69) is 0 Å². The Balaban J connectivity index is 2.37. The van der Waals surface area contributed by atoms with Gasteiger partial charge in [0.1, 0.15) is 0 Å². The van der Waals surface area contributed by atoms with Crippen LogP contribution in [0.15, 0.2) is 0 Å². The fraction of sp³-hybridized carbons (Fsp3) is 0.667. The van der Waals surface area contributed by atoms with Crippen LogP contribution in [0.1, 0.15) is 0 Å². The van der Waals surface area contributed by atoms with Crippen LogP contribution in [0, 0.1) is 0 Å². The second kappa shape index (κ2) is 2.16. The van der Waals surface area contributed by atoms with Gasteiger partial charge >= 0.3 is 51.1 Å². The number of hydrogen-bond donors (Lipinski definition) is 0. The van der Waals surface area contributed by atoms with Crippen LogP contribution in [0.3, 0.4) is 0 Å². The van der Waals surface area contributed by atoms with Crippen molar-refractivity contribution in [3.05, 3.63) is 0 Å². The third-order valence-corrected chi connectivity index (χ3v) is 5.23. The van der Waals surface area contributed by atoms with Crippen molar-refractivity contribution in [3.8, 4) is 0 Å². The molecule has 1 rings (SSSR count). The SMILES string of the molecule is O=C1C[I-]CS1. The maximum absolute atomic E-state index is 10.2. The molecule has 0 aromatic heterocycles. The van der Waals surface area contributed by atoms with Gasteiger partial charge in [-0.3, -0.25) is 0 Å². The Hall–Kier alpha value is 0.750. The van der Waals surface area contributed by atoms with Crippen LogP contribution < -0.4 is 21.2 Å². The summed E-state index contributed by atoms with van der Waals surface area (Å²) in [4.78, 5) is 10.2. The van der Waals surface area contributed by atoms with Gasteiger partial charge in [0.2, 0.25) is 0 Å². The zero-order valence-corrected chi connectivity index (χ0v) is 6.08. The summed E-state index contributed by atoms with van der Waals surface area (Å²) in [5.41, 5.74) is 0. The molecule has 0 bridgehead atoms. The molecule has 0 atom stereocenters. The van der Waals surface area contributed by atoms with Gasteiger partial charge in [-0.25, -0.2) is 0 Å². The van der Waals surface area contributed by atoms with Gasteiger partial charge in [-0.15, -0.1) is 0 Å². The molecular formula is C3H4IOS-. The number of carbonyl (C=O) groups excluding carboxylic acids is 1. The van der Waals surface area contributed by atoms with Crippen LogP contribution in [0.25, 0.3) is 0 Å². The van der Waals surface area contributed by atoms with Crippen molar-refractivity contribution < 1.29 is 26.0 Å². The van der Waals surface area contributed by atoms with Crippen LogP contribution >= 0.6 is 11.8 Å². The number of thioether (sulfide) groups is 1. The first-order valence-electron chi connectivity index (χ1n) is 1.58. The Morgan fingerprint density at radius 1 is 1.83 bits per heavy atom. The van der Waals surface area contributed by atoms with E-state index in [9.17, 15) is 4.79 Å². The quantitative estimate of drug-likeness (QED) is 0.323. The average molecular weight is 215 g/mol. The average Bonchev–Trinajstić information content (AvgIpc) is 1.86. The number of hydrogen-bond acceptors (Lipinski definition) is 2. The van der Waals surface area contributed by atoms with Gasteiger partial charge in [-0.05, 0) is 0 Å². The minimum absolute atomic E-state index is 0.315. The first-order chi connectivity index (χ1) is 2.89. The van der Waals surface area contributed by atoms with Crippen LogP contribution in [-0.4, -0.2) is 13.3 Å². The van der Waals surface area contributed by atoms with E-state index in [4.69, 9.17) is 0 Å². The van der Waals surface area contributed by atoms with E-state index in [1.54, 1.807) is 0 Å². The van der Waals surface area contributed by atoms with E-state index >= 15 is 0 Å². The van der Waals surface area contributed by atoms with Crippen LogP contribution in [0.4, 0.5) is 0 Å². The predicted molar refractivity (Wildman–Crippen MR) is 22.3 cm³/mol. The maximum atomic E-state index is 10.2. The molecule has 1 aliphatic heterocycles. The van der Waals surface area contributed by atoms with Crippen molar-refractivity contribution in [1.82, 2.24) is 0 Å². The summed E-state index contributed by atoms with van der Waals surface area (Å²) in [6.07, 6.45) is 0. The van der Waals surface area contributed by atoms with E-state index in [0.29, 0.717) is 26.3 Å². The summed E-state index contributed by atoms with van der Waals surface area (Å²) >= 11 is 1.82. The number of carbonyl (C=O) groups is 1. The van der Waals surface area contributed by atoms with E-state index < -0.39 is 0 Å². The third kappa shape index (κ3) is 1.11. The van der Waals surface area contributed by atoms with Crippen molar-refractivity contribution in [3.63, 3.8) is 0 Å². The van der Waals surface area contributed by atoms with Crippen molar-refractivity contribution in [2.75, 3.05) is 8.19 Å². The van der Waals surface area contributed by atoms with Crippen LogP contribution in [0.2, 0.25) is 0 Å². The first kappa shape index (κ1) is 4.90. The summed E-state index contributed by atoms with van der Waals surface area (Å²) < 4.78 is 2.08. The third-order valence-electron chi connectivity index (χ3n) is 0.496. The number of alkyl halides is 2. The summed E-state index contributed by atoms with van der Waals surface area (Å²) in [7, 11) is 0. The van der Waals surface area contributed by atoms with Gasteiger partial charge in [0.15, 0.2) is 0 Å². The van der Waals surface area contributed by atoms with Crippen molar-refractivity contribution >= 4 is 16.9 Å². The van der Waals surface area contributed by atoms with Gasteiger partial charge in [0, 0.05) is 0 Å². The molecule has 36 valence electrons. The van der Waals surface area contributed by atoms with Gasteiger partial charge < -0.3 is 0 Å². The van der Waals surface area contributed by atoms with Gasteiger partial charge in [0.05, 0.1) is 0 Å². The van der Waals surface area contributed by atoms with Crippen molar-refractivity contribution in [1.29, 1.82) is 0 Å². The molecule has 1 aliphatic rings. The van der Waals surface area contributed by atoms with Crippen LogP contribution in [-0.2, 0) is 4.79 Å². The van der Waals surface area contributed by atoms with E-state index in [1.165, 1.54) is 11.8 Å². The molecule has 0 saturated carbocycles. The molecular weight excluding hydrogens is 211 g/mol. The van der Waals surface area contributed by atoms with E-state index in [1.807, 2.05) is 0 Å². The Bertz CT molecular complexity index is 65.2. The molecule has 1 nitrogen and oxygen atoms in total. The molecule has 6 heavy (non-hydrogen) atoms. The standard InChI is InChI=1S/C3H4IOS/c5-3-1-4-2-6-3/h1-2H2/q-1. The summed E-state index contributed by atoms with van der Waals surface area (Å²) in [6.45, 7) is 0. The normalized spacial score (nSPS) is 23.7. The predicted octanol–water partition coefficient (Wildman–Crippen LogP) is -2.69. The van der Waals surface area contributed by atoms with Crippen molar-refractivity contribution in [2.24, 2.45) is 0 Å². The second-order valence-corrected chi connectivity index (χ2v) is 5.62. The molecule has 0 aliphatic carbocycles. The first-order valence-corrected chi connectivity index (χ1v) is 5.62. The van der Waals surface area contributed by atoms with Gasteiger partial charge in [-0.1, -0.05) is 0 Å². The number of halogens is 1. The molecule has 0 spiro atoms. The minimum atomic E-state index is 0.315. The van der Waals surface area contributed by atoms with Crippen molar-refractivity contribution in [2.45, 2.75) is 0 Å². The van der Waals surface area contributed by atoms with E-state index in [0.717, 1.165) is 8.19 Å². The Morgan fingerprint density at radius 2 is 2.67 bits per heavy atom. The molecule has 1 heterocycles. The summed E-state index contributed by atoms with van der Waals surface area (Å²) in [5.74, 6) is 0. The Kier molecular flexibility index (Phi) is 1.76. The zero-order valence-electron chi connectivity index (χ0n) is 3.11. The molecule has 0 aromatic rings. The van der Waals surface area contributed by atoms with Gasteiger partial charge in [0.25, 0.3) is 0 Å². The molecule has 0 radical (unpaired) electrons. The number of rotatable bonds is 0. The Labute approximate surface area is 51.1 Å². The summed E-state index contributed by atoms with van der Waals surface area (Å²) in [6, 6.07) is 0. The van der Waals surface area contributed by atoms with Gasteiger partial charge in [-0.2, -0.15) is 0 Å². The topological polar surface area (TPSA) is 17.1 Å². The Morgan fingerprint density at radius 3 is 2.83 bits per heavy atom. The molecule has 3 heteroatoms. The fourth-order valence-corrected chi connectivity index (χ4v) is 4.59. The summed E-state index contributed by atoms with van der Waals surface area (Å²) in [5, 5.41) is 0.419. The fourth-order valence-electron chi connectivity index (χ4n) is 0.254. The van der Waals surface area contributed by atoms with Crippen LogP contribution in [0.5, 0.6) is 0 Å². The molecule has 0 amide bonds. The molecule has 0 aromatic carbocycles. The van der Waals surface area contributed by atoms with E-state index in [-0.39, 0.29) is 0 Å².